The van der Waals surface area contributed by atoms with Crippen LogP contribution in [0.3, 0.4) is 0 Å². The van der Waals surface area contributed by atoms with Gasteiger partial charge in [0.1, 0.15) is 0 Å². The summed E-state index contributed by atoms with van der Waals surface area (Å²) in [6.07, 6.45) is 0. The Labute approximate surface area is 309 Å². The van der Waals surface area contributed by atoms with Gasteiger partial charge in [0.2, 0.25) is 0 Å². The van der Waals surface area contributed by atoms with E-state index in [2.05, 4.69) is 0 Å². The highest BCUT2D eigenvalue weighted by Gasteiger charge is 2.20. The lowest BCUT2D eigenvalue weighted by Gasteiger charge is -2.18. The fraction of sp³-hybridized carbons (Fsp3) is 0. The molecule has 8 heteroatoms. The third-order valence-corrected chi connectivity index (χ3v) is 9.29. The van der Waals surface area contributed by atoms with Crippen LogP contribution in [0, 0.1) is 0 Å². The standard InChI is InChI=1S/C46H30O8/c47-43(48)39-17-7-3-13-35(39)29-21-27(22-30(25-29)36-14-4-8-18-40(36)44(49)50)33-11-1-2-12-34(33)28-23-31(37-15-5-9-19-41(37)45(51)52)26-32(24-28)38-16-6-10-20-42(38)46(53)54/h1-26H,(H,47,48)(H,49,50)(H,51,52)(H,53,54). The van der Waals surface area contributed by atoms with E-state index < -0.39 is 23.9 Å². The fourth-order valence-electron chi connectivity index (χ4n) is 6.86. The first-order chi connectivity index (χ1) is 26.1. The van der Waals surface area contributed by atoms with E-state index in [0.29, 0.717) is 66.8 Å². The van der Waals surface area contributed by atoms with Gasteiger partial charge in [0.25, 0.3) is 0 Å². The molecule has 0 atom stereocenters. The Kier molecular flexibility index (Phi) is 9.41. The summed E-state index contributed by atoms with van der Waals surface area (Å²) in [6, 6.07) is 44.9. The molecule has 0 aromatic heterocycles. The van der Waals surface area contributed by atoms with Crippen LogP contribution in [0.2, 0.25) is 0 Å². The van der Waals surface area contributed by atoms with E-state index in [9.17, 15) is 39.6 Å². The molecule has 0 heterocycles. The lowest BCUT2D eigenvalue weighted by Crippen LogP contribution is -2.01. The molecule has 7 aromatic rings. The number of hydrogen-bond donors (Lipinski definition) is 4. The summed E-state index contributed by atoms with van der Waals surface area (Å²) in [4.78, 5) is 49.5. The number of carbonyl (C=O) groups is 4. The second-order valence-electron chi connectivity index (χ2n) is 12.5. The first kappa shape index (κ1) is 34.9. The Hall–Kier alpha value is -7.58. The van der Waals surface area contributed by atoms with Crippen LogP contribution in [0.15, 0.2) is 158 Å². The zero-order chi connectivity index (χ0) is 37.9. The Morgan fingerprint density at radius 2 is 0.426 bits per heavy atom. The molecule has 0 aliphatic heterocycles. The summed E-state index contributed by atoms with van der Waals surface area (Å²) in [5, 5.41) is 40.4. The Morgan fingerprint density at radius 3 is 0.630 bits per heavy atom. The molecule has 0 fully saturated rings. The van der Waals surface area contributed by atoms with Gasteiger partial charge in [-0.1, -0.05) is 97.1 Å². The van der Waals surface area contributed by atoms with Crippen molar-refractivity contribution in [3.63, 3.8) is 0 Å². The highest BCUT2D eigenvalue weighted by Crippen LogP contribution is 2.42. The molecule has 7 aromatic carbocycles. The van der Waals surface area contributed by atoms with Gasteiger partial charge in [-0.3, -0.25) is 0 Å². The van der Waals surface area contributed by atoms with Crippen LogP contribution in [0.5, 0.6) is 0 Å². The smallest absolute Gasteiger partial charge is 0.336 e. The minimum atomic E-state index is -1.11. The van der Waals surface area contributed by atoms with Gasteiger partial charge in [0.05, 0.1) is 22.3 Å². The molecule has 262 valence electrons. The predicted molar refractivity (Wildman–Crippen MR) is 207 cm³/mol. The van der Waals surface area contributed by atoms with E-state index in [4.69, 9.17) is 0 Å². The summed E-state index contributed by atoms with van der Waals surface area (Å²) in [5.41, 5.74) is 7.01. The summed E-state index contributed by atoms with van der Waals surface area (Å²) in [5.74, 6) is -4.46. The van der Waals surface area contributed by atoms with Crippen LogP contribution in [0.25, 0.3) is 66.8 Å². The Morgan fingerprint density at radius 1 is 0.259 bits per heavy atom. The minimum Gasteiger partial charge on any atom is -0.478 e. The topological polar surface area (TPSA) is 149 Å². The maximum Gasteiger partial charge on any atom is 0.336 e. The third kappa shape index (κ3) is 6.75. The van der Waals surface area contributed by atoms with Gasteiger partial charge in [0.15, 0.2) is 0 Å². The molecule has 0 spiro atoms. The largest absolute Gasteiger partial charge is 0.478 e. The molecule has 4 N–H and O–H groups in total. The van der Waals surface area contributed by atoms with Crippen molar-refractivity contribution < 1.29 is 39.6 Å². The van der Waals surface area contributed by atoms with Crippen LogP contribution in [0.4, 0.5) is 0 Å². The third-order valence-electron chi connectivity index (χ3n) is 9.29. The quantitative estimate of drug-likeness (QED) is 0.110. The van der Waals surface area contributed by atoms with Crippen molar-refractivity contribution in [2.75, 3.05) is 0 Å². The first-order valence-electron chi connectivity index (χ1n) is 16.8. The highest BCUT2D eigenvalue weighted by molar-refractivity contribution is 6.02. The molecule has 0 unspecified atom stereocenters. The summed E-state index contributed by atoms with van der Waals surface area (Å²) >= 11 is 0. The lowest BCUT2D eigenvalue weighted by molar-refractivity contribution is 0.0687. The number of rotatable bonds is 10. The van der Waals surface area contributed by atoms with Crippen molar-refractivity contribution >= 4 is 23.9 Å². The molecule has 0 aliphatic carbocycles. The van der Waals surface area contributed by atoms with Crippen molar-refractivity contribution in [2.24, 2.45) is 0 Å². The van der Waals surface area contributed by atoms with E-state index >= 15 is 0 Å². The molecule has 0 radical (unpaired) electrons. The van der Waals surface area contributed by atoms with E-state index in [1.165, 1.54) is 24.3 Å². The molecule has 54 heavy (non-hydrogen) atoms. The molecule has 0 saturated heterocycles. The van der Waals surface area contributed by atoms with Crippen LogP contribution >= 0.6 is 0 Å². The highest BCUT2D eigenvalue weighted by atomic mass is 16.4. The maximum atomic E-state index is 12.4. The Balaban J connectivity index is 1.52. The average molecular weight is 711 g/mol. The van der Waals surface area contributed by atoms with E-state index in [1.54, 1.807) is 84.9 Å². The second-order valence-corrected chi connectivity index (χ2v) is 12.5. The lowest BCUT2D eigenvalue weighted by atomic mass is 9.86. The van der Waals surface area contributed by atoms with Crippen molar-refractivity contribution in [1.82, 2.24) is 0 Å². The molecular formula is C46H30O8. The van der Waals surface area contributed by atoms with Gasteiger partial charge in [-0.05, 0) is 127 Å². The number of carboxylic acid groups (broad SMARTS) is 4. The van der Waals surface area contributed by atoms with E-state index in [-0.39, 0.29) is 22.3 Å². The monoisotopic (exact) mass is 710 g/mol. The molecule has 0 amide bonds. The van der Waals surface area contributed by atoms with Gasteiger partial charge in [-0.2, -0.15) is 0 Å². The number of benzene rings is 7. The van der Waals surface area contributed by atoms with Gasteiger partial charge in [-0.15, -0.1) is 0 Å². The molecule has 0 aliphatic rings. The molecule has 7 rings (SSSR count). The molecular weight excluding hydrogens is 680 g/mol. The van der Waals surface area contributed by atoms with Crippen LogP contribution in [0.1, 0.15) is 41.4 Å². The summed E-state index contributed by atoms with van der Waals surface area (Å²) < 4.78 is 0. The van der Waals surface area contributed by atoms with Crippen molar-refractivity contribution in [3.8, 4) is 66.8 Å². The second kappa shape index (κ2) is 14.6. The predicted octanol–water partition coefficient (Wildman–Crippen LogP) is 10.5. The maximum absolute atomic E-state index is 12.4. The van der Waals surface area contributed by atoms with Gasteiger partial charge in [-0.25, -0.2) is 19.2 Å². The van der Waals surface area contributed by atoms with Crippen LogP contribution in [-0.2, 0) is 0 Å². The normalized spacial score (nSPS) is 10.8. The molecule has 0 bridgehead atoms. The SMILES string of the molecule is O=C(O)c1ccccc1-c1cc(-c2ccccc2C(=O)O)cc(-c2ccccc2-c2cc(-c3ccccc3C(=O)O)cc(-c3ccccc3C(=O)O)c2)c1. The van der Waals surface area contributed by atoms with Crippen LogP contribution < -0.4 is 0 Å². The molecule has 8 nitrogen and oxygen atoms in total. The van der Waals surface area contributed by atoms with Gasteiger partial charge >= 0.3 is 23.9 Å². The fourth-order valence-corrected chi connectivity index (χ4v) is 6.86. The zero-order valence-corrected chi connectivity index (χ0v) is 28.4. The molecule has 0 saturated carbocycles. The van der Waals surface area contributed by atoms with E-state index in [0.717, 1.165) is 0 Å². The first-order valence-corrected chi connectivity index (χ1v) is 16.8. The van der Waals surface area contributed by atoms with Crippen molar-refractivity contribution in [2.45, 2.75) is 0 Å². The zero-order valence-electron chi connectivity index (χ0n) is 28.4. The minimum absolute atomic E-state index is 0.0759. The van der Waals surface area contributed by atoms with Gasteiger partial charge < -0.3 is 20.4 Å². The van der Waals surface area contributed by atoms with Gasteiger partial charge in [0, 0.05) is 0 Å². The summed E-state index contributed by atoms with van der Waals surface area (Å²) in [6.45, 7) is 0. The number of aromatic carboxylic acids is 4. The van der Waals surface area contributed by atoms with Crippen molar-refractivity contribution in [1.29, 1.82) is 0 Å². The summed E-state index contributed by atoms with van der Waals surface area (Å²) in [7, 11) is 0. The van der Waals surface area contributed by atoms with E-state index in [1.807, 2.05) is 48.5 Å². The van der Waals surface area contributed by atoms with Crippen molar-refractivity contribution in [3.05, 3.63) is 180 Å². The number of carboxylic acids is 4. The average Bonchev–Trinajstić information content (AvgIpc) is 3.20. The number of hydrogen-bond acceptors (Lipinski definition) is 4. The van der Waals surface area contributed by atoms with Crippen LogP contribution in [-0.4, -0.2) is 44.3 Å². The Bertz CT molecular complexity index is 2300.